The lowest BCUT2D eigenvalue weighted by Crippen LogP contribution is -2.05. The van der Waals surface area contributed by atoms with Gasteiger partial charge in [0.05, 0.1) is 17.6 Å². The number of aryl methyl sites for hydroxylation is 1. The van der Waals surface area contributed by atoms with Gasteiger partial charge in [0.2, 0.25) is 5.91 Å². The molecule has 1 amide bonds. The van der Waals surface area contributed by atoms with Gasteiger partial charge in [-0.1, -0.05) is 12.1 Å². The maximum Gasteiger partial charge on any atom is 0.221 e. The van der Waals surface area contributed by atoms with E-state index in [4.69, 9.17) is 0 Å². The molecule has 0 aliphatic rings. The first kappa shape index (κ1) is 12.3. The van der Waals surface area contributed by atoms with Crippen LogP contribution >= 0.6 is 0 Å². The fourth-order valence-electron chi connectivity index (χ4n) is 2.10. The summed E-state index contributed by atoms with van der Waals surface area (Å²) in [5.74, 6) is -0.0870. The van der Waals surface area contributed by atoms with Crippen molar-refractivity contribution in [1.82, 2.24) is 14.6 Å². The van der Waals surface area contributed by atoms with Crippen molar-refractivity contribution >= 4 is 17.2 Å². The first-order valence-electron chi connectivity index (χ1n) is 6.33. The molecule has 0 unspecified atom stereocenters. The molecule has 0 spiro atoms. The molecule has 1 N–H and O–H groups in total. The lowest BCUT2D eigenvalue weighted by molar-refractivity contribution is -0.114. The highest BCUT2D eigenvalue weighted by Crippen LogP contribution is 2.21. The summed E-state index contributed by atoms with van der Waals surface area (Å²) in [7, 11) is 0. The molecule has 2 heterocycles. The van der Waals surface area contributed by atoms with Gasteiger partial charge in [0.15, 0.2) is 5.65 Å². The Morgan fingerprint density at radius 2 is 2.10 bits per heavy atom. The van der Waals surface area contributed by atoms with Gasteiger partial charge in [-0.05, 0) is 31.2 Å². The van der Waals surface area contributed by atoms with Crippen molar-refractivity contribution in [2.75, 3.05) is 5.32 Å². The number of imidazole rings is 1. The molecule has 0 aliphatic heterocycles. The molecule has 0 fully saturated rings. The third kappa shape index (κ3) is 2.25. The number of nitrogens with zero attached hydrogens (tertiary/aromatic N) is 3. The van der Waals surface area contributed by atoms with Crippen LogP contribution in [0.4, 0.5) is 5.69 Å². The van der Waals surface area contributed by atoms with Crippen LogP contribution in [0.1, 0.15) is 12.6 Å². The Morgan fingerprint density at radius 1 is 1.25 bits per heavy atom. The summed E-state index contributed by atoms with van der Waals surface area (Å²) in [4.78, 5) is 15.4. The molecular formula is C15H14N4O. The molecular weight excluding hydrogens is 252 g/mol. The van der Waals surface area contributed by atoms with Gasteiger partial charge in [0.1, 0.15) is 0 Å². The van der Waals surface area contributed by atoms with Gasteiger partial charge in [-0.25, -0.2) is 9.50 Å². The van der Waals surface area contributed by atoms with Gasteiger partial charge < -0.3 is 5.32 Å². The molecule has 2 aromatic heterocycles. The predicted octanol–water partition coefficient (Wildman–Crippen LogP) is 2.66. The topological polar surface area (TPSA) is 59.3 Å². The van der Waals surface area contributed by atoms with Crippen molar-refractivity contribution in [2.45, 2.75) is 13.8 Å². The molecule has 3 aromatic rings. The number of hydrogen-bond acceptors (Lipinski definition) is 3. The second kappa shape index (κ2) is 4.77. The number of aromatic nitrogens is 3. The summed E-state index contributed by atoms with van der Waals surface area (Å²) in [5, 5.41) is 7.34. The van der Waals surface area contributed by atoms with Crippen molar-refractivity contribution in [3.63, 3.8) is 0 Å². The summed E-state index contributed by atoms with van der Waals surface area (Å²) in [6.45, 7) is 3.45. The minimum Gasteiger partial charge on any atom is -0.326 e. The zero-order chi connectivity index (χ0) is 14.1. The maximum atomic E-state index is 11.1. The molecule has 20 heavy (non-hydrogen) atoms. The van der Waals surface area contributed by atoms with E-state index in [0.717, 1.165) is 28.3 Å². The number of amides is 1. The molecule has 0 saturated heterocycles. The van der Waals surface area contributed by atoms with E-state index < -0.39 is 0 Å². The van der Waals surface area contributed by atoms with Crippen molar-refractivity contribution < 1.29 is 4.79 Å². The van der Waals surface area contributed by atoms with Crippen LogP contribution in [0.5, 0.6) is 0 Å². The molecule has 1 aromatic carbocycles. The summed E-state index contributed by atoms with van der Waals surface area (Å²) < 4.78 is 1.81. The van der Waals surface area contributed by atoms with E-state index in [1.165, 1.54) is 6.92 Å². The molecule has 3 rings (SSSR count). The van der Waals surface area contributed by atoms with E-state index in [-0.39, 0.29) is 5.91 Å². The molecule has 5 heteroatoms. The molecule has 0 radical (unpaired) electrons. The Bertz CT molecular complexity index is 791. The van der Waals surface area contributed by atoms with Crippen molar-refractivity contribution in [3.05, 3.63) is 48.3 Å². The van der Waals surface area contributed by atoms with Crippen LogP contribution in [0, 0.1) is 6.92 Å². The Labute approximate surface area is 116 Å². The second-order valence-electron chi connectivity index (χ2n) is 4.65. The SMILES string of the molecule is CC(=O)Nc1cccc(-c2ccc3ncc(C)n3n2)c1. The van der Waals surface area contributed by atoms with Gasteiger partial charge in [0, 0.05) is 18.2 Å². The monoisotopic (exact) mass is 266 g/mol. The zero-order valence-electron chi connectivity index (χ0n) is 11.3. The Balaban J connectivity index is 2.05. The van der Waals surface area contributed by atoms with E-state index >= 15 is 0 Å². The van der Waals surface area contributed by atoms with Gasteiger partial charge in [-0.2, -0.15) is 5.10 Å². The summed E-state index contributed by atoms with van der Waals surface area (Å²) in [5.41, 5.74) is 4.36. The van der Waals surface area contributed by atoms with E-state index in [2.05, 4.69) is 15.4 Å². The standard InChI is InChI=1S/C15H14N4O/c1-10-9-16-15-7-6-14(18-19(10)15)12-4-3-5-13(8-12)17-11(2)20/h3-9H,1-2H3,(H,17,20). The summed E-state index contributed by atoms with van der Waals surface area (Å²) in [6, 6.07) is 11.5. The fourth-order valence-corrected chi connectivity index (χ4v) is 2.10. The maximum absolute atomic E-state index is 11.1. The molecule has 0 bridgehead atoms. The number of hydrogen-bond donors (Lipinski definition) is 1. The van der Waals surface area contributed by atoms with Gasteiger partial charge >= 0.3 is 0 Å². The predicted molar refractivity (Wildman–Crippen MR) is 77.5 cm³/mol. The quantitative estimate of drug-likeness (QED) is 0.775. The summed E-state index contributed by atoms with van der Waals surface area (Å²) in [6.07, 6.45) is 1.79. The van der Waals surface area contributed by atoms with Gasteiger partial charge in [0.25, 0.3) is 0 Å². The third-order valence-electron chi connectivity index (χ3n) is 3.01. The number of fused-ring (bicyclic) bond motifs is 1. The smallest absolute Gasteiger partial charge is 0.221 e. The first-order chi connectivity index (χ1) is 9.63. The molecule has 0 aliphatic carbocycles. The highest BCUT2D eigenvalue weighted by Gasteiger charge is 2.05. The molecule has 5 nitrogen and oxygen atoms in total. The first-order valence-corrected chi connectivity index (χ1v) is 6.33. The number of benzene rings is 1. The van der Waals surface area contributed by atoms with E-state index in [0.29, 0.717) is 0 Å². The third-order valence-corrected chi connectivity index (χ3v) is 3.01. The molecule has 0 atom stereocenters. The number of anilines is 1. The van der Waals surface area contributed by atoms with Crippen LogP contribution in [0.2, 0.25) is 0 Å². The lowest BCUT2D eigenvalue weighted by atomic mass is 10.1. The number of rotatable bonds is 2. The average molecular weight is 266 g/mol. The van der Waals surface area contributed by atoms with Crippen molar-refractivity contribution in [1.29, 1.82) is 0 Å². The largest absolute Gasteiger partial charge is 0.326 e. The van der Waals surface area contributed by atoms with E-state index in [9.17, 15) is 4.79 Å². The van der Waals surface area contributed by atoms with Crippen LogP contribution in [0.15, 0.2) is 42.6 Å². The lowest BCUT2D eigenvalue weighted by Gasteiger charge is -2.06. The number of carbonyl (C=O) groups is 1. The Morgan fingerprint density at radius 3 is 2.90 bits per heavy atom. The van der Waals surface area contributed by atoms with Gasteiger partial charge in [-0.15, -0.1) is 0 Å². The van der Waals surface area contributed by atoms with E-state index in [1.54, 1.807) is 10.7 Å². The van der Waals surface area contributed by atoms with Crippen LogP contribution in [-0.4, -0.2) is 20.5 Å². The fraction of sp³-hybridized carbons (Fsp3) is 0.133. The molecule has 100 valence electrons. The second-order valence-corrected chi connectivity index (χ2v) is 4.65. The number of nitrogens with one attached hydrogen (secondary N) is 1. The Hall–Kier alpha value is -2.69. The average Bonchev–Trinajstić information content (AvgIpc) is 2.80. The number of carbonyl (C=O) groups excluding carboxylic acids is 1. The van der Waals surface area contributed by atoms with E-state index in [1.807, 2.05) is 43.3 Å². The minimum absolute atomic E-state index is 0.0870. The van der Waals surface area contributed by atoms with Crippen LogP contribution in [-0.2, 0) is 4.79 Å². The normalized spacial score (nSPS) is 10.7. The van der Waals surface area contributed by atoms with Crippen LogP contribution in [0.25, 0.3) is 16.9 Å². The van der Waals surface area contributed by atoms with Crippen molar-refractivity contribution in [2.24, 2.45) is 0 Å². The zero-order valence-corrected chi connectivity index (χ0v) is 11.3. The minimum atomic E-state index is -0.0870. The highest BCUT2D eigenvalue weighted by atomic mass is 16.1. The van der Waals surface area contributed by atoms with Crippen molar-refractivity contribution in [3.8, 4) is 11.3 Å². The van der Waals surface area contributed by atoms with Crippen LogP contribution < -0.4 is 5.32 Å². The molecule has 0 saturated carbocycles. The highest BCUT2D eigenvalue weighted by molar-refractivity contribution is 5.89. The van der Waals surface area contributed by atoms with Crippen LogP contribution in [0.3, 0.4) is 0 Å². The Kier molecular flexibility index (Phi) is 2.95. The summed E-state index contributed by atoms with van der Waals surface area (Å²) >= 11 is 0. The van der Waals surface area contributed by atoms with Gasteiger partial charge in [-0.3, -0.25) is 4.79 Å².